The molecule has 98 valence electrons. The van der Waals surface area contributed by atoms with Crippen LogP contribution in [0.4, 0.5) is 0 Å². The molecule has 0 aliphatic rings. The molecule has 2 aromatic rings. The third kappa shape index (κ3) is 3.44. The summed E-state index contributed by atoms with van der Waals surface area (Å²) in [4.78, 5) is 1.93. The number of nitrogens with one attached hydrogen (secondary N) is 1. The first kappa shape index (κ1) is 13.8. The maximum absolute atomic E-state index is 8.89. The summed E-state index contributed by atoms with van der Waals surface area (Å²) in [5, 5.41) is 12.3. The van der Waals surface area contributed by atoms with Crippen LogP contribution in [0.25, 0.3) is 10.4 Å². The van der Waals surface area contributed by atoms with Crippen LogP contribution in [0.5, 0.6) is 0 Å². The molecule has 2 rings (SSSR count). The summed E-state index contributed by atoms with van der Waals surface area (Å²) in [7, 11) is 0. The highest BCUT2D eigenvalue weighted by atomic mass is 32.1. The molecule has 0 atom stereocenters. The van der Waals surface area contributed by atoms with Gasteiger partial charge in [-0.3, -0.25) is 0 Å². The fourth-order valence-corrected chi connectivity index (χ4v) is 2.87. The van der Waals surface area contributed by atoms with Crippen molar-refractivity contribution in [2.24, 2.45) is 0 Å². The van der Waals surface area contributed by atoms with Gasteiger partial charge in [0.25, 0.3) is 0 Å². The molecule has 0 amide bonds. The maximum Gasteiger partial charge on any atom is 0.110 e. The quantitative estimate of drug-likeness (QED) is 0.908. The summed E-state index contributed by atoms with van der Waals surface area (Å²) in [6.45, 7) is 7.32. The highest BCUT2D eigenvalue weighted by molar-refractivity contribution is 7.16. The Morgan fingerprint density at radius 2 is 2.05 bits per heavy atom. The number of aryl methyl sites for hydroxylation is 1. The first-order valence-corrected chi connectivity index (χ1v) is 7.25. The molecule has 0 aliphatic heterocycles. The zero-order valence-corrected chi connectivity index (χ0v) is 12.3. The van der Waals surface area contributed by atoms with E-state index in [9.17, 15) is 0 Å². The maximum atomic E-state index is 8.89. The largest absolute Gasteiger partial charge is 0.310 e. The molecule has 0 spiro atoms. The molecule has 0 aliphatic carbocycles. The Morgan fingerprint density at radius 1 is 1.26 bits per heavy atom. The second-order valence-corrected chi connectivity index (χ2v) is 6.04. The van der Waals surface area contributed by atoms with Gasteiger partial charge >= 0.3 is 0 Å². The van der Waals surface area contributed by atoms with Crippen molar-refractivity contribution in [1.29, 1.82) is 5.26 Å². The third-order valence-electron chi connectivity index (χ3n) is 2.99. The van der Waals surface area contributed by atoms with Gasteiger partial charge in [0, 0.05) is 17.5 Å². The van der Waals surface area contributed by atoms with E-state index < -0.39 is 0 Å². The third-order valence-corrected chi connectivity index (χ3v) is 4.01. The van der Waals surface area contributed by atoms with Crippen LogP contribution in [-0.2, 0) is 6.54 Å². The minimum absolute atomic E-state index is 0.496. The van der Waals surface area contributed by atoms with Crippen LogP contribution in [0.1, 0.15) is 29.9 Å². The summed E-state index contributed by atoms with van der Waals surface area (Å²) in [5.74, 6) is 0. The molecule has 0 radical (unpaired) electrons. The van der Waals surface area contributed by atoms with Gasteiger partial charge in [-0.2, -0.15) is 5.26 Å². The van der Waals surface area contributed by atoms with Gasteiger partial charge in [-0.1, -0.05) is 32.0 Å². The van der Waals surface area contributed by atoms with Crippen LogP contribution < -0.4 is 5.32 Å². The van der Waals surface area contributed by atoms with Crippen molar-refractivity contribution in [1.82, 2.24) is 5.32 Å². The molecule has 0 saturated heterocycles. The van der Waals surface area contributed by atoms with Crippen LogP contribution in [-0.4, -0.2) is 6.04 Å². The summed E-state index contributed by atoms with van der Waals surface area (Å²) >= 11 is 1.55. The SMILES string of the molecule is Cc1cc(CNC(C)C)ccc1-c1ccc(C#N)s1. The Bertz CT molecular complexity index is 605. The van der Waals surface area contributed by atoms with E-state index in [2.05, 4.69) is 50.4 Å². The molecule has 1 heterocycles. The van der Waals surface area contributed by atoms with Gasteiger partial charge in [0.15, 0.2) is 0 Å². The zero-order chi connectivity index (χ0) is 13.8. The second-order valence-electron chi connectivity index (χ2n) is 4.96. The topological polar surface area (TPSA) is 35.8 Å². The van der Waals surface area contributed by atoms with Gasteiger partial charge < -0.3 is 5.32 Å². The monoisotopic (exact) mass is 270 g/mol. The van der Waals surface area contributed by atoms with Gasteiger partial charge in [0.1, 0.15) is 10.9 Å². The molecule has 0 fully saturated rings. The number of benzene rings is 1. The van der Waals surface area contributed by atoms with E-state index in [1.165, 1.54) is 16.7 Å². The van der Waals surface area contributed by atoms with Crippen molar-refractivity contribution in [3.05, 3.63) is 46.3 Å². The average molecular weight is 270 g/mol. The van der Waals surface area contributed by atoms with E-state index in [-0.39, 0.29) is 0 Å². The van der Waals surface area contributed by atoms with Gasteiger partial charge in [0.05, 0.1) is 0 Å². The van der Waals surface area contributed by atoms with Crippen molar-refractivity contribution in [2.45, 2.75) is 33.4 Å². The van der Waals surface area contributed by atoms with Gasteiger partial charge in [0.2, 0.25) is 0 Å². The smallest absolute Gasteiger partial charge is 0.110 e. The second kappa shape index (κ2) is 6.01. The number of nitriles is 1. The lowest BCUT2D eigenvalue weighted by Gasteiger charge is -2.10. The van der Waals surface area contributed by atoms with E-state index in [0.29, 0.717) is 6.04 Å². The Hall–Kier alpha value is -1.63. The van der Waals surface area contributed by atoms with Crippen molar-refractivity contribution in [3.8, 4) is 16.5 Å². The molecule has 0 bridgehead atoms. The summed E-state index contributed by atoms with van der Waals surface area (Å²) < 4.78 is 0. The average Bonchev–Trinajstić information content (AvgIpc) is 2.85. The molecule has 0 unspecified atom stereocenters. The fraction of sp³-hybridized carbons (Fsp3) is 0.312. The molecule has 1 aromatic carbocycles. The van der Waals surface area contributed by atoms with E-state index in [4.69, 9.17) is 5.26 Å². The standard InChI is InChI=1S/C16H18N2S/c1-11(2)18-10-13-4-6-15(12(3)8-13)16-7-5-14(9-17)19-16/h4-8,11,18H,10H2,1-3H3. The fourth-order valence-electron chi connectivity index (χ4n) is 1.98. The van der Waals surface area contributed by atoms with E-state index in [1.807, 2.05) is 12.1 Å². The Kier molecular flexibility index (Phi) is 4.36. The molecule has 1 aromatic heterocycles. The van der Waals surface area contributed by atoms with Gasteiger partial charge in [-0.15, -0.1) is 11.3 Å². The minimum Gasteiger partial charge on any atom is -0.310 e. The summed E-state index contributed by atoms with van der Waals surface area (Å²) in [5.41, 5.74) is 3.78. The van der Waals surface area contributed by atoms with Crippen LogP contribution in [0, 0.1) is 18.3 Å². The van der Waals surface area contributed by atoms with Crippen molar-refractivity contribution >= 4 is 11.3 Å². The first-order valence-electron chi connectivity index (χ1n) is 6.43. The predicted molar refractivity (Wildman–Crippen MR) is 81.2 cm³/mol. The molecule has 19 heavy (non-hydrogen) atoms. The number of nitrogens with zero attached hydrogens (tertiary/aromatic N) is 1. The number of rotatable bonds is 4. The van der Waals surface area contributed by atoms with Crippen LogP contribution in [0.2, 0.25) is 0 Å². The lowest BCUT2D eigenvalue weighted by molar-refractivity contribution is 0.589. The van der Waals surface area contributed by atoms with Crippen LogP contribution in [0.15, 0.2) is 30.3 Å². The summed E-state index contributed by atoms with van der Waals surface area (Å²) in [6.07, 6.45) is 0. The van der Waals surface area contributed by atoms with Crippen LogP contribution in [0.3, 0.4) is 0 Å². The molecule has 0 saturated carbocycles. The summed E-state index contributed by atoms with van der Waals surface area (Å²) in [6, 6.07) is 13.1. The normalized spacial score (nSPS) is 10.7. The van der Waals surface area contributed by atoms with E-state index >= 15 is 0 Å². The predicted octanol–water partition coefficient (Wildman–Crippen LogP) is 4.09. The van der Waals surface area contributed by atoms with Gasteiger partial charge in [-0.25, -0.2) is 0 Å². The highest BCUT2D eigenvalue weighted by Crippen LogP contribution is 2.30. The molecule has 1 N–H and O–H groups in total. The molecule has 3 heteroatoms. The molecular formula is C16H18N2S. The first-order chi connectivity index (χ1) is 9.10. The van der Waals surface area contributed by atoms with Crippen molar-refractivity contribution in [3.63, 3.8) is 0 Å². The number of hydrogen-bond donors (Lipinski definition) is 1. The highest BCUT2D eigenvalue weighted by Gasteiger charge is 2.06. The number of thiophene rings is 1. The zero-order valence-electron chi connectivity index (χ0n) is 11.5. The van der Waals surface area contributed by atoms with Gasteiger partial charge in [-0.05, 0) is 35.7 Å². The lowest BCUT2D eigenvalue weighted by Crippen LogP contribution is -2.21. The molecular weight excluding hydrogens is 252 g/mol. The van der Waals surface area contributed by atoms with Crippen molar-refractivity contribution < 1.29 is 0 Å². The van der Waals surface area contributed by atoms with E-state index in [1.54, 1.807) is 11.3 Å². The lowest BCUT2D eigenvalue weighted by atomic mass is 10.0. The van der Waals surface area contributed by atoms with Crippen LogP contribution >= 0.6 is 11.3 Å². The molecule has 2 nitrogen and oxygen atoms in total. The Morgan fingerprint density at radius 3 is 2.63 bits per heavy atom. The minimum atomic E-state index is 0.496. The van der Waals surface area contributed by atoms with Crippen molar-refractivity contribution in [2.75, 3.05) is 0 Å². The Labute approximate surface area is 118 Å². The van der Waals surface area contributed by atoms with E-state index in [0.717, 1.165) is 16.3 Å². The number of hydrogen-bond acceptors (Lipinski definition) is 3. The Balaban J connectivity index is 2.22.